The van der Waals surface area contributed by atoms with Crippen molar-refractivity contribution in [3.05, 3.63) is 51.1 Å². The highest BCUT2D eigenvalue weighted by Gasteiger charge is 2.02. The van der Waals surface area contributed by atoms with Crippen molar-refractivity contribution in [2.24, 2.45) is 0 Å². The van der Waals surface area contributed by atoms with E-state index in [0.717, 1.165) is 22.7 Å². The van der Waals surface area contributed by atoms with Crippen LogP contribution in [-0.4, -0.2) is 17.4 Å². The highest BCUT2D eigenvalue weighted by Crippen LogP contribution is 2.04. The smallest absolute Gasteiger partial charge is 0.304 e. The summed E-state index contributed by atoms with van der Waals surface area (Å²) < 4.78 is 0. The quantitative estimate of drug-likeness (QED) is 0.758. The van der Waals surface area contributed by atoms with Crippen LogP contribution in [0.5, 0.6) is 0 Å². The lowest BCUT2D eigenvalue weighted by molar-refractivity contribution is -0.115. The zero-order valence-electron chi connectivity index (χ0n) is 9.60. The Balaban J connectivity index is 1.74. The number of rotatable bonds is 5. The second kappa shape index (κ2) is 6.13. The summed E-state index contributed by atoms with van der Waals surface area (Å²) in [5, 5.41) is 7.46. The lowest BCUT2D eigenvalue weighted by atomic mass is 10.3. The third-order valence-electron chi connectivity index (χ3n) is 2.23. The predicted octanol–water partition coefficient (Wildman–Crippen LogP) is 1.16. The number of hydrogen-bond acceptors (Lipinski definition) is 4. The third kappa shape index (κ3) is 3.83. The molecule has 0 atom stereocenters. The molecule has 0 aliphatic heterocycles. The number of para-hydroxylation sites is 1. The number of nitrogens with one attached hydrogen (secondary N) is 3. The van der Waals surface area contributed by atoms with Gasteiger partial charge in [-0.3, -0.25) is 9.59 Å². The van der Waals surface area contributed by atoms with Crippen molar-refractivity contribution in [2.45, 2.75) is 6.54 Å². The second-order valence-corrected chi connectivity index (χ2v) is 4.53. The van der Waals surface area contributed by atoms with Gasteiger partial charge >= 0.3 is 4.87 Å². The first-order chi connectivity index (χ1) is 8.74. The highest BCUT2D eigenvalue weighted by molar-refractivity contribution is 7.07. The van der Waals surface area contributed by atoms with E-state index in [4.69, 9.17) is 0 Å². The van der Waals surface area contributed by atoms with Gasteiger partial charge in [0.15, 0.2) is 0 Å². The van der Waals surface area contributed by atoms with Gasteiger partial charge in [0.1, 0.15) is 0 Å². The van der Waals surface area contributed by atoms with Crippen LogP contribution >= 0.6 is 11.3 Å². The van der Waals surface area contributed by atoms with E-state index in [0.29, 0.717) is 6.54 Å². The van der Waals surface area contributed by atoms with Gasteiger partial charge in [-0.05, 0) is 12.1 Å². The van der Waals surface area contributed by atoms with Crippen molar-refractivity contribution >= 4 is 22.9 Å². The zero-order valence-corrected chi connectivity index (χ0v) is 10.4. The maximum Gasteiger partial charge on any atom is 0.304 e. The number of aromatic nitrogens is 1. The molecule has 0 radical (unpaired) electrons. The molecule has 18 heavy (non-hydrogen) atoms. The van der Waals surface area contributed by atoms with Crippen molar-refractivity contribution in [3.63, 3.8) is 0 Å². The number of anilines is 1. The number of carbonyl (C=O) groups excluding carboxylic acids is 1. The number of aromatic amines is 1. The van der Waals surface area contributed by atoms with Crippen LogP contribution in [0, 0.1) is 0 Å². The number of thiazole rings is 1. The van der Waals surface area contributed by atoms with Crippen LogP contribution in [0.2, 0.25) is 0 Å². The van der Waals surface area contributed by atoms with Gasteiger partial charge in [0.25, 0.3) is 0 Å². The Kier molecular flexibility index (Phi) is 4.27. The van der Waals surface area contributed by atoms with Gasteiger partial charge in [0.2, 0.25) is 5.91 Å². The number of carbonyl (C=O) groups is 1. The summed E-state index contributed by atoms with van der Waals surface area (Å²) in [6.07, 6.45) is 0. The van der Waals surface area contributed by atoms with E-state index in [1.54, 1.807) is 5.38 Å². The highest BCUT2D eigenvalue weighted by atomic mass is 32.1. The molecule has 5 nitrogen and oxygen atoms in total. The van der Waals surface area contributed by atoms with E-state index < -0.39 is 0 Å². The lowest BCUT2D eigenvalue weighted by Crippen LogP contribution is -2.27. The Hall–Kier alpha value is -1.92. The van der Waals surface area contributed by atoms with E-state index in [2.05, 4.69) is 15.6 Å². The topological polar surface area (TPSA) is 74.0 Å². The van der Waals surface area contributed by atoms with Gasteiger partial charge in [-0.25, -0.2) is 0 Å². The Labute approximate surface area is 108 Å². The molecule has 0 aliphatic carbocycles. The molecule has 0 saturated heterocycles. The fraction of sp³-hybridized carbons (Fsp3) is 0.167. The minimum Gasteiger partial charge on any atom is -0.325 e. The average Bonchev–Trinajstić information content (AvgIpc) is 2.76. The summed E-state index contributed by atoms with van der Waals surface area (Å²) >= 11 is 1.11. The molecule has 94 valence electrons. The molecule has 2 aromatic rings. The van der Waals surface area contributed by atoms with Crippen LogP contribution in [0.3, 0.4) is 0 Å². The Morgan fingerprint density at radius 1 is 1.28 bits per heavy atom. The number of amides is 1. The van der Waals surface area contributed by atoms with E-state index in [1.165, 1.54) is 0 Å². The Bertz CT molecular complexity index is 562. The van der Waals surface area contributed by atoms with Crippen molar-refractivity contribution in [1.29, 1.82) is 0 Å². The summed E-state index contributed by atoms with van der Waals surface area (Å²) in [6, 6.07) is 9.27. The molecule has 0 saturated carbocycles. The number of hydrogen-bond donors (Lipinski definition) is 3. The van der Waals surface area contributed by atoms with Crippen LogP contribution in [0.4, 0.5) is 5.69 Å². The van der Waals surface area contributed by atoms with Crippen molar-refractivity contribution in [1.82, 2.24) is 10.3 Å². The maximum atomic E-state index is 11.6. The first kappa shape index (κ1) is 12.5. The largest absolute Gasteiger partial charge is 0.325 e. The van der Waals surface area contributed by atoms with Crippen LogP contribution in [0.15, 0.2) is 40.5 Å². The van der Waals surface area contributed by atoms with Crippen LogP contribution in [0.25, 0.3) is 0 Å². The molecule has 6 heteroatoms. The summed E-state index contributed by atoms with van der Waals surface area (Å²) in [4.78, 5) is 25.0. The van der Waals surface area contributed by atoms with Crippen molar-refractivity contribution < 1.29 is 4.79 Å². The van der Waals surface area contributed by atoms with Crippen LogP contribution in [-0.2, 0) is 11.3 Å². The summed E-state index contributed by atoms with van der Waals surface area (Å²) in [5.41, 5.74) is 1.56. The minimum atomic E-state index is -0.112. The Morgan fingerprint density at radius 2 is 2.06 bits per heavy atom. The van der Waals surface area contributed by atoms with E-state index in [-0.39, 0.29) is 17.3 Å². The zero-order chi connectivity index (χ0) is 12.8. The van der Waals surface area contributed by atoms with Gasteiger partial charge in [0.05, 0.1) is 6.54 Å². The molecule has 0 unspecified atom stereocenters. The molecule has 0 aliphatic rings. The van der Waals surface area contributed by atoms with Gasteiger partial charge in [0, 0.05) is 23.3 Å². The third-order valence-corrected chi connectivity index (χ3v) is 2.95. The van der Waals surface area contributed by atoms with Gasteiger partial charge < -0.3 is 15.6 Å². The molecular weight excluding hydrogens is 250 g/mol. The molecule has 2 rings (SSSR count). The number of benzene rings is 1. The first-order valence-corrected chi connectivity index (χ1v) is 6.34. The van der Waals surface area contributed by atoms with Gasteiger partial charge in [-0.1, -0.05) is 29.5 Å². The van der Waals surface area contributed by atoms with Gasteiger partial charge in [-0.2, -0.15) is 0 Å². The molecule has 1 aromatic heterocycles. The number of H-pyrrole nitrogens is 1. The standard InChI is InChI=1S/C12H13N3O2S/c16-11(14-9-4-2-1-3-5-9)7-13-6-10-8-18-12(17)15-10/h1-5,8,13H,6-7H2,(H,14,16)(H,15,17). The van der Waals surface area contributed by atoms with E-state index >= 15 is 0 Å². The first-order valence-electron chi connectivity index (χ1n) is 5.46. The van der Waals surface area contributed by atoms with Crippen LogP contribution in [0.1, 0.15) is 5.69 Å². The molecule has 1 amide bonds. The van der Waals surface area contributed by atoms with Crippen molar-refractivity contribution in [2.75, 3.05) is 11.9 Å². The van der Waals surface area contributed by atoms with Crippen LogP contribution < -0.4 is 15.5 Å². The fourth-order valence-electron chi connectivity index (χ4n) is 1.44. The fourth-order valence-corrected chi connectivity index (χ4v) is 2.02. The molecule has 3 N–H and O–H groups in total. The van der Waals surface area contributed by atoms with E-state index in [9.17, 15) is 9.59 Å². The molecular formula is C12H13N3O2S. The lowest BCUT2D eigenvalue weighted by Gasteiger charge is -2.05. The summed E-state index contributed by atoms with van der Waals surface area (Å²) in [6.45, 7) is 0.674. The molecule has 1 heterocycles. The summed E-state index contributed by atoms with van der Waals surface area (Å²) in [5.74, 6) is -0.112. The minimum absolute atomic E-state index is 0.0828. The molecule has 1 aromatic carbocycles. The monoisotopic (exact) mass is 263 g/mol. The molecule has 0 fully saturated rings. The normalized spacial score (nSPS) is 10.2. The second-order valence-electron chi connectivity index (χ2n) is 3.69. The summed E-state index contributed by atoms with van der Waals surface area (Å²) in [7, 11) is 0. The SMILES string of the molecule is O=C(CNCc1csc(=O)[nH]1)Nc1ccccc1. The van der Waals surface area contributed by atoms with Gasteiger partial charge in [-0.15, -0.1) is 0 Å². The maximum absolute atomic E-state index is 11.6. The molecule has 0 bridgehead atoms. The predicted molar refractivity (Wildman–Crippen MR) is 71.7 cm³/mol. The Morgan fingerprint density at radius 3 is 2.72 bits per heavy atom. The molecule has 0 spiro atoms. The van der Waals surface area contributed by atoms with Crippen molar-refractivity contribution in [3.8, 4) is 0 Å². The average molecular weight is 263 g/mol. The van der Waals surface area contributed by atoms with E-state index in [1.807, 2.05) is 30.3 Å².